The molecule has 6 nitrogen and oxygen atoms in total. The molecule has 1 aliphatic heterocycles. The number of benzene rings is 3. The van der Waals surface area contributed by atoms with Gasteiger partial charge in [-0.2, -0.15) is 0 Å². The Morgan fingerprint density at radius 2 is 1.74 bits per heavy atom. The van der Waals surface area contributed by atoms with Gasteiger partial charge in [0.05, 0.1) is 5.56 Å². The van der Waals surface area contributed by atoms with E-state index in [1.54, 1.807) is 56.3 Å². The van der Waals surface area contributed by atoms with Gasteiger partial charge in [0.2, 0.25) is 0 Å². The lowest BCUT2D eigenvalue weighted by Gasteiger charge is -2.18. The van der Waals surface area contributed by atoms with E-state index >= 15 is 0 Å². The highest BCUT2D eigenvalue weighted by atomic mass is 79.9. The van der Waals surface area contributed by atoms with Gasteiger partial charge >= 0.3 is 11.9 Å². The molecule has 0 aromatic heterocycles. The summed E-state index contributed by atoms with van der Waals surface area (Å²) in [5.74, 6) is -0.975. The van der Waals surface area contributed by atoms with Gasteiger partial charge in [0, 0.05) is 28.6 Å². The molecule has 0 atom stereocenters. The summed E-state index contributed by atoms with van der Waals surface area (Å²) in [6.45, 7) is 3.34. The molecule has 4 rings (SSSR count). The number of ether oxygens (including phenoxy) is 1. The Kier molecular flexibility index (Phi) is 5.15. The topological polar surface area (TPSA) is 93.8 Å². The zero-order valence-corrected chi connectivity index (χ0v) is 18.2. The predicted octanol–water partition coefficient (Wildman–Crippen LogP) is 5.34. The average molecular weight is 481 g/mol. The number of carbonyl (C=O) groups excluding carboxylic acids is 1. The second kappa shape index (κ2) is 7.67. The van der Waals surface area contributed by atoms with Crippen molar-refractivity contribution in [2.24, 2.45) is 0 Å². The zero-order valence-electron chi connectivity index (χ0n) is 16.6. The van der Waals surface area contributed by atoms with Gasteiger partial charge in [-0.05, 0) is 49.7 Å². The van der Waals surface area contributed by atoms with Crippen LogP contribution in [0.4, 0.5) is 0 Å². The molecular formula is C24H17BrO6. The normalized spacial score (nSPS) is 11.6. The zero-order chi connectivity index (χ0) is 22.3. The fourth-order valence-electron chi connectivity index (χ4n) is 3.32. The lowest BCUT2D eigenvalue weighted by atomic mass is 9.91. The van der Waals surface area contributed by atoms with E-state index in [0.717, 1.165) is 0 Å². The molecule has 156 valence electrons. The summed E-state index contributed by atoms with van der Waals surface area (Å²) in [5.41, 5.74) is 1.95. The Bertz CT molecular complexity index is 1360. The van der Waals surface area contributed by atoms with E-state index in [1.807, 2.05) is 0 Å². The first-order chi connectivity index (χ1) is 14.6. The van der Waals surface area contributed by atoms with Crippen LogP contribution in [0.2, 0.25) is 0 Å². The van der Waals surface area contributed by atoms with Gasteiger partial charge in [0.25, 0.3) is 0 Å². The molecule has 0 bridgehead atoms. The van der Waals surface area contributed by atoms with Crippen LogP contribution >= 0.6 is 15.9 Å². The summed E-state index contributed by atoms with van der Waals surface area (Å²) in [7, 11) is 0. The third kappa shape index (κ3) is 3.96. The second-order valence-electron chi connectivity index (χ2n) is 7.51. The van der Waals surface area contributed by atoms with Crippen molar-refractivity contribution in [2.45, 2.75) is 18.2 Å². The predicted molar refractivity (Wildman–Crippen MR) is 120 cm³/mol. The van der Waals surface area contributed by atoms with Crippen LogP contribution < -0.4 is 10.2 Å². The Morgan fingerprint density at radius 1 is 1.00 bits per heavy atom. The van der Waals surface area contributed by atoms with Crippen molar-refractivity contribution in [2.75, 3.05) is 0 Å². The molecule has 1 N–H and O–H groups in total. The number of halogens is 1. The molecule has 0 saturated carbocycles. The number of carboxylic acids is 1. The first-order valence-corrected chi connectivity index (χ1v) is 10.2. The molecule has 0 spiro atoms. The Morgan fingerprint density at radius 3 is 2.45 bits per heavy atom. The maximum atomic E-state index is 12.2. The Labute approximate surface area is 185 Å². The first kappa shape index (κ1) is 20.8. The lowest BCUT2D eigenvalue weighted by molar-refractivity contribution is -0.136. The van der Waals surface area contributed by atoms with Gasteiger partial charge in [-0.1, -0.05) is 34.1 Å². The smallest absolute Gasteiger partial charge is 0.336 e. The lowest BCUT2D eigenvalue weighted by Crippen LogP contribution is -2.29. The number of fused-ring (bicyclic) bond motifs is 2. The number of esters is 1. The molecule has 0 saturated heterocycles. The van der Waals surface area contributed by atoms with Gasteiger partial charge in [-0.3, -0.25) is 9.59 Å². The van der Waals surface area contributed by atoms with Crippen LogP contribution in [0, 0.1) is 0 Å². The quantitative estimate of drug-likeness (QED) is 0.183. The number of carbonyl (C=O) groups is 2. The van der Waals surface area contributed by atoms with Crippen molar-refractivity contribution < 1.29 is 23.8 Å². The minimum atomic E-state index is -1.07. The molecule has 7 heteroatoms. The summed E-state index contributed by atoms with van der Waals surface area (Å²) in [6, 6.07) is 15.9. The van der Waals surface area contributed by atoms with Crippen LogP contribution in [-0.4, -0.2) is 21.4 Å². The van der Waals surface area contributed by atoms with Crippen molar-refractivity contribution in [1.29, 1.82) is 0 Å². The summed E-state index contributed by atoms with van der Waals surface area (Å²) in [6.07, 6.45) is 0. The molecule has 1 aliphatic carbocycles. The van der Waals surface area contributed by atoms with E-state index in [9.17, 15) is 19.5 Å². The molecule has 31 heavy (non-hydrogen) atoms. The minimum Gasteiger partial charge on any atom is -0.478 e. The van der Waals surface area contributed by atoms with Crippen LogP contribution in [0.1, 0.15) is 24.2 Å². The standard InChI is InChI=1S/C24H17BrO6/c1-24(2,25)23(29)30-14-8-10-18-20(12-14)31-19-11-13(26)7-9-17(19)21(18)15-5-3-4-6-16(15)22(27)28/h3-12H,1-2H3,(H,27,28). The van der Waals surface area contributed by atoms with Crippen LogP contribution in [0.25, 0.3) is 33.4 Å². The maximum absolute atomic E-state index is 12.2. The largest absolute Gasteiger partial charge is 0.478 e. The van der Waals surface area contributed by atoms with Gasteiger partial charge in [0.1, 0.15) is 21.4 Å². The molecule has 2 aliphatic rings. The summed E-state index contributed by atoms with van der Waals surface area (Å²) in [5, 5.41) is 10.3. The number of carboxylic acid groups (broad SMARTS) is 1. The molecule has 0 unspecified atom stereocenters. The van der Waals surface area contributed by atoms with Crippen LogP contribution in [0.5, 0.6) is 5.75 Å². The van der Waals surface area contributed by atoms with E-state index in [-0.39, 0.29) is 16.7 Å². The average Bonchev–Trinajstić information content (AvgIpc) is 2.71. The van der Waals surface area contributed by atoms with E-state index in [4.69, 9.17) is 9.15 Å². The molecule has 0 radical (unpaired) electrons. The van der Waals surface area contributed by atoms with Crippen molar-refractivity contribution in [3.63, 3.8) is 0 Å². The second-order valence-corrected chi connectivity index (χ2v) is 9.49. The monoisotopic (exact) mass is 480 g/mol. The van der Waals surface area contributed by atoms with Crippen molar-refractivity contribution in [3.8, 4) is 28.2 Å². The molecule has 2 aromatic carbocycles. The van der Waals surface area contributed by atoms with E-state index < -0.39 is 16.3 Å². The Balaban J connectivity index is 2.02. The number of rotatable bonds is 4. The number of alkyl halides is 1. The summed E-state index contributed by atoms with van der Waals surface area (Å²) >= 11 is 3.27. The maximum Gasteiger partial charge on any atom is 0.336 e. The van der Waals surface area contributed by atoms with Crippen molar-refractivity contribution >= 4 is 38.8 Å². The SMILES string of the molecule is CC(C)(Br)C(=O)Oc1ccc2c(-c3ccccc3C(=O)O)c3ccc(=O)cc-3oc2c1. The molecular weight excluding hydrogens is 464 g/mol. The van der Waals surface area contributed by atoms with Gasteiger partial charge < -0.3 is 14.3 Å². The fourth-order valence-corrected chi connectivity index (χ4v) is 3.40. The third-order valence-corrected chi connectivity index (χ3v) is 5.11. The highest BCUT2D eigenvalue weighted by molar-refractivity contribution is 9.10. The number of hydrogen-bond acceptors (Lipinski definition) is 5. The van der Waals surface area contributed by atoms with Gasteiger partial charge in [-0.25, -0.2) is 4.79 Å². The summed E-state index contributed by atoms with van der Waals surface area (Å²) < 4.78 is 10.5. The molecule has 0 amide bonds. The van der Waals surface area contributed by atoms with Crippen molar-refractivity contribution in [1.82, 2.24) is 0 Å². The first-order valence-electron chi connectivity index (χ1n) is 9.39. The highest BCUT2D eigenvalue weighted by Crippen LogP contribution is 2.42. The summed E-state index contributed by atoms with van der Waals surface area (Å²) in [4.78, 5) is 36.0. The molecule has 2 aromatic rings. The van der Waals surface area contributed by atoms with E-state index in [0.29, 0.717) is 33.4 Å². The van der Waals surface area contributed by atoms with E-state index in [2.05, 4.69) is 15.9 Å². The number of aromatic carboxylic acids is 1. The highest BCUT2D eigenvalue weighted by Gasteiger charge is 2.27. The fraction of sp³-hybridized carbons (Fsp3) is 0.125. The molecule has 0 fully saturated rings. The van der Waals surface area contributed by atoms with Gasteiger partial charge in [-0.15, -0.1) is 0 Å². The third-order valence-electron chi connectivity index (χ3n) is 4.79. The van der Waals surface area contributed by atoms with Crippen LogP contribution in [-0.2, 0) is 4.79 Å². The van der Waals surface area contributed by atoms with Gasteiger partial charge in [0.15, 0.2) is 5.43 Å². The van der Waals surface area contributed by atoms with Crippen LogP contribution in [0.3, 0.4) is 0 Å². The van der Waals surface area contributed by atoms with Crippen molar-refractivity contribution in [3.05, 3.63) is 76.5 Å². The number of hydrogen-bond donors (Lipinski definition) is 1. The van der Waals surface area contributed by atoms with E-state index in [1.165, 1.54) is 18.2 Å². The Hall–Kier alpha value is -3.45. The van der Waals surface area contributed by atoms with Crippen LogP contribution in [0.15, 0.2) is 69.9 Å². The molecule has 1 heterocycles. The minimum absolute atomic E-state index is 0.124.